The average molecular weight is 643 g/mol. The van der Waals surface area contributed by atoms with Gasteiger partial charge in [0.15, 0.2) is 0 Å². The van der Waals surface area contributed by atoms with Crippen LogP contribution in [0.25, 0.3) is 0 Å². The molecule has 3 amide bonds. The summed E-state index contributed by atoms with van der Waals surface area (Å²) in [6.45, 7) is 8.10. The molecule has 10 heteroatoms. The molecule has 47 heavy (non-hydrogen) atoms. The summed E-state index contributed by atoms with van der Waals surface area (Å²) in [4.78, 5) is 58.5. The number of nitrogens with zero attached hydrogens (tertiary/aromatic N) is 3. The quantitative estimate of drug-likeness (QED) is 0.336. The van der Waals surface area contributed by atoms with E-state index in [2.05, 4.69) is 10.2 Å². The zero-order valence-corrected chi connectivity index (χ0v) is 27.6. The summed E-state index contributed by atoms with van der Waals surface area (Å²) in [5.41, 5.74) is 2.38. The van der Waals surface area contributed by atoms with Gasteiger partial charge >= 0.3 is 5.97 Å². The van der Waals surface area contributed by atoms with E-state index in [1.165, 1.54) is 12.1 Å². The number of amides is 3. The summed E-state index contributed by atoms with van der Waals surface area (Å²) < 4.78 is 14.6. The van der Waals surface area contributed by atoms with Crippen LogP contribution in [0.5, 0.6) is 0 Å². The highest BCUT2D eigenvalue weighted by atomic mass is 19.1. The number of carbonyl (C=O) groups excluding carboxylic acids is 3. The Balaban J connectivity index is 1.38. The molecule has 0 bridgehead atoms. The van der Waals surface area contributed by atoms with Crippen molar-refractivity contribution < 1.29 is 28.7 Å². The lowest BCUT2D eigenvalue weighted by atomic mass is 9.84. The number of benzene rings is 3. The molecule has 2 N–H and O–H groups in total. The first-order valence-corrected chi connectivity index (χ1v) is 16.2. The number of rotatable bonds is 9. The number of hydrogen-bond acceptors (Lipinski definition) is 5. The van der Waals surface area contributed by atoms with Gasteiger partial charge in [-0.3, -0.25) is 14.4 Å². The molecule has 0 aliphatic carbocycles. The van der Waals surface area contributed by atoms with Crippen molar-refractivity contribution in [3.05, 3.63) is 100 Å². The smallest absolute Gasteiger partial charge is 0.335 e. The number of aromatic carboxylic acids is 1. The van der Waals surface area contributed by atoms with E-state index in [0.717, 1.165) is 16.8 Å². The van der Waals surface area contributed by atoms with Gasteiger partial charge < -0.3 is 25.1 Å². The van der Waals surface area contributed by atoms with Gasteiger partial charge in [0, 0.05) is 25.8 Å². The number of aryl methyl sites for hydroxylation is 1. The Hall–Kier alpha value is -4.73. The molecule has 3 aromatic rings. The maximum atomic E-state index is 14.6. The van der Waals surface area contributed by atoms with Crippen LogP contribution in [-0.4, -0.2) is 76.5 Å². The van der Waals surface area contributed by atoms with Gasteiger partial charge in [-0.2, -0.15) is 0 Å². The number of likely N-dealkylation sites (tertiary alicyclic amines) is 1. The fourth-order valence-electron chi connectivity index (χ4n) is 6.94. The van der Waals surface area contributed by atoms with E-state index in [4.69, 9.17) is 0 Å². The molecule has 0 aromatic heterocycles. The molecule has 2 aliphatic rings. The molecule has 5 rings (SSSR count). The molecule has 2 saturated heterocycles. The molecular weight excluding hydrogens is 599 g/mol. The lowest BCUT2D eigenvalue weighted by Crippen LogP contribution is -2.60. The molecule has 0 saturated carbocycles. The summed E-state index contributed by atoms with van der Waals surface area (Å²) in [7, 11) is 1.76. The molecule has 1 unspecified atom stereocenters. The van der Waals surface area contributed by atoms with Crippen molar-refractivity contribution in [1.29, 1.82) is 0 Å². The van der Waals surface area contributed by atoms with Crippen molar-refractivity contribution in [3.8, 4) is 0 Å². The Morgan fingerprint density at radius 2 is 1.66 bits per heavy atom. The number of anilines is 1. The second kappa shape index (κ2) is 13.6. The highest BCUT2D eigenvalue weighted by Gasteiger charge is 2.56. The molecule has 2 heterocycles. The van der Waals surface area contributed by atoms with Crippen LogP contribution in [0.1, 0.15) is 77.9 Å². The maximum absolute atomic E-state index is 14.6. The van der Waals surface area contributed by atoms with Gasteiger partial charge in [0.2, 0.25) is 11.8 Å². The second-order valence-electron chi connectivity index (χ2n) is 12.9. The van der Waals surface area contributed by atoms with Crippen molar-refractivity contribution in [3.63, 3.8) is 0 Å². The van der Waals surface area contributed by atoms with Crippen molar-refractivity contribution in [1.82, 2.24) is 15.1 Å². The molecule has 9 nitrogen and oxygen atoms in total. The number of likely N-dealkylation sites (N-methyl/N-ethyl adjacent to an activating group) is 1. The number of carboxylic acids is 1. The third-order valence-corrected chi connectivity index (χ3v) is 9.75. The summed E-state index contributed by atoms with van der Waals surface area (Å²) >= 11 is 0. The zero-order chi connectivity index (χ0) is 34.0. The zero-order valence-electron chi connectivity index (χ0n) is 27.6. The highest BCUT2D eigenvalue weighted by molar-refractivity contribution is 5.98. The van der Waals surface area contributed by atoms with Crippen LogP contribution in [0, 0.1) is 11.7 Å². The lowest BCUT2D eigenvalue weighted by molar-refractivity contribution is -0.139. The van der Waals surface area contributed by atoms with E-state index in [1.807, 2.05) is 64.1 Å². The van der Waals surface area contributed by atoms with Gasteiger partial charge in [0.25, 0.3) is 5.91 Å². The van der Waals surface area contributed by atoms with E-state index in [1.54, 1.807) is 35.0 Å². The summed E-state index contributed by atoms with van der Waals surface area (Å²) in [6, 6.07) is 18.4. The van der Waals surface area contributed by atoms with E-state index in [-0.39, 0.29) is 48.1 Å². The van der Waals surface area contributed by atoms with Crippen LogP contribution >= 0.6 is 0 Å². The van der Waals surface area contributed by atoms with E-state index < -0.39 is 29.3 Å². The first kappa shape index (κ1) is 33.6. The van der Waals surface area contributed by atoms with E-state index in [0.29, 0.717) is 31.2 Å². The molecule has 0 radical (unpaired) electrons. The first-order valence-electron chi connectivity index (χ1n) is 16.2. The Morgan fingerprint density at radius 3 is 2.28 bits per heavy atom. The van der Waals surface area contributed by atoms with Gasteiger partial charge in [0.05, 0.1) is 11.1 Å². The Kier molecular flexibility index (Phi) is 9.70. The monoisotopic (exact) mass is 642 g/mol. The number of hydrogen-bond donors (Lipinski definition) is 2. The normalized spacial score (nSPS) is 18.1. The fourth-order valence-corrected chi connectivity index (χ4v) is 6.94. The van der Waals surface area contributed by atoms with Crippen LogP contribution in [0.3, 0.4) is 0 Å². The molecule has 248 valence electrons. The SMILES string of the molecule is CCc1ccc(F)c(C(=O)N[C@@H](C(=O)N2CCC3(CC2)C(=O)N(C)C(C)N3c2ccc(C(=O)O)c(Cc3ccccc3)c2)C(C)C)c1. The highest BCUT2D eigenvalue weighted by Crippen LogP contribution is 2.43. The predicted molar refractivity (Wildman–Crippen MR) is 178 cm³/mol. The molecule has 1 spiro atoms. The minimum atomic E-state index is -1.01. The number of carboxylic acid groups (broad SMARTS) is 1. The molecule has 3 aromatic carbocycles. The van der Waals surface area contributed by atoms with Gasteiger partial charge in [-0.25, -0.2) is 9.18 Å². The van der Waals surface area contributed by atoms with Crippen molar-refractivity contribution in [2.75, 3.05) is 25.0 Å². The van der Waals surface area contributed by atoms with Crippen LogP contribution in [0.15, 0.2) is 66.7 Å². The first-order chi connectivity index (χ1) is 22.4. The van der Waals surface area contributed by atoms with Crippen molar-refractivity contribution >= 4 is 29.4 Å². The molecule has 2 atom stereocenters. The Bertz CT molecular complexity index is 1670. The fraction of sp³-hybridized carbons (Fsp3) is 0.405. The summed E-state index contributed by atoms with van der Waals surface area (Å²) in [5, 5.41) is 12.7. The van der Waals surface area contributed by atoms with Crippen molar-refractivity contribution in [2.24, 2.45) is 5.92 Å². The predicted octanol–water partition coefficient (Wildman–Crippen LogP) is 5.12. The van der Waals surface area contributed by atoms with Gasteiger partial charge in [-0.15, -0.1) is 0 Å². The number of halogens is 1. The summed E-state index contributed by atoms with van der Waals surface area (Å²) in [5.74, 6) is -2.88. The minimum absolute atomic E-state index is 0.0518. The number of nitrogens with one attached hydrogen (secondary N) is 1. The standard InChI is InChI=1S/C37H43FN4O5/c1-6-25-12-15-31(38)30(21-25)33(43)39-32(23(2)3)34(44)41-18-16-37(17-19-41)36(47)40(5)24(4)42(37)28-13-14-29(35(45)46)27(22-28)20-26-10-8-7-9-11-26/h7-15,21-24,32H,6,16-20H2,1-5H3,(H,39,43)(H,45,46)/t24?,32-/m1/s1. The lowest BCUT2D eigenvalue weighted by Gasteiger charge is -2.45. The molecule has 2 aliphatic heterocycles. The Morgan fingerprint density at radius 1 is 0.979 bits per heavy atom. The van der Waals surface area contributed by atoms with Gasteiger partial charge in [0.1, 0.15) is 23.6 Å². The van der Waals surface area contributed by atoms with E-state index in [9.17, 15) is 28.7 Å². The van der Waals surface area contributed by atoms with E-state index >= 15 is 0 Å². The average Bonchev–Trinajstić information content (AvgIpc) is 3.23. The maximum Gasteiger partial charge on any atom is 0.335 e. The summed E-state index contributed by atoms with van der Waals surface area (Å²) in [6.07, 6.45) is 1.47. The second-order valence-corrected chi connectivity index (χ2v) is 12.9. The number of piperidine rings is 1. The van der Waals surface area contributed by atoms with Gasteiger partial charge in [-0.1, -0.05) is 57.2 Å². The van der Waals surface area contributed by atoms with Crippen molar-refractivity contribution in [2.45, 2.75) is 71.1 Å². The minimum Gasteiger partial charge on any atom is -0.478 e. The van der Waals surface area contributed by atoms with Crippen LogP contribution in [0.2, 0.25) is 0 Å². The third-order valence-electron chi connectivity index (χ3n) is 9.75. The third kappa shape index (κ3) is 6.46. The van der Waals surface area contributed by atoms with Crippen LogP contribution in [0.4, 0.5) is 10.1 Å². The van der Waals surface area contributed by atoms with Crippen LogP contribution in [-0.2, 0) is 22.4 Å². The Labute approximate surface area is 275 Å². The topological polar surface area (TPSA) is 110 Å². The molecular formula is C37H43FN4O5. The van der Waals surface area contributed by atoms with Gasteiger partial charge in [-0.05, 0) is 85.5 Å². The largest absolute Gasteiger partial charge is 0.478 e. The molecule has 2 fully saturated rings. The van der Waals surface area contributed by atoms with Crippen LogP contribution < -0.4 is 10.2 Å². The number of carbonyl (C=O) groups is 4.